The van der Waals surface area contributed by atoms with Crippen LogP contribution < -0.4 is 29.6 Å². The summed E-state index contributed by atoms with van der Waals surface area (Å²) in [6, 6.07) is 0. The van der Waals surface area contributed by atoms with Crippen LogP contribution in [-0.2, 0) is 4.65 Å². The molecule has 0 N–H and O–H groups in total. The third-order valence-corrected chi connectivity index (χ3v) is 6.08. The maximum atomic E-state index is 6.55. The van der Waals surface area contributed by atoms with Crippen molar-refractivity contribution in [1.82, 2.24) is 0 Å². The monoisotopic (exact) mass is 258 g/mol. The summed E-state index contributed by atoms with van der Waals surface area (Å²) in [4.78, 5) is 0. The Morgan fingerprint density at radius 1 is 1.00 bits per heavy atom. The van der Waals surface area contributed by atoms with Crippen molar-refractivity contribution in [3.63, 3.8) is 0 Å². The summed E-state index contributed by atoms with van der Waals surface area (Å²) in [7, 11) is 0. The Bertz CT molecular complexity index is 266. The molecule has 0 bridgehead atoms. The third kappa shape index (κ3) is 3.02. The summed E-state index contributed by atoms with van der Waals surface area (Å²) < 4.78 is 6.55. The van der Waals surface area contributed by atoms with E-state index in [1.807, 2.05) is 0 Å². The van der Waals surface area contributed by atoms with Crippen LogP contribution in [0, 0.1) is 17.3 Å². The Morgan fingerprint density at radius 3 is 2.11 bits per heavy atom. The average Bonchev–Trinajstić information content (AvgIpc) is 2.71. The Hall–Kier alpha value is 1.02. The zero-order valence-corrected chi connectivity index (χ0v) is 14.7. The molecule has 2 atom stereocenters. The molecule has 2 spiro atoms. The summed E-state index contributed by atoms with van der Waals surface area (Å²) in [5.41, 5.74) is 0.622. The molecule has 98 valence electrons. The molecule has 2 heterocycles. The van der Waals surface area contributed by atoms with E-state index >= 15 is 0 Å². The van der Waals surface area contributed by atoms with E-state index in [9.17, 15) is 0 Å². The van der Waals surface area contributed by atoms with Gasteiger partial charge in [0.05, 0.1) is 0 Å². The van der Waals surface area contributed by atoms with Gasteiger partial charge in [0.1, 0.15) is 6.35 Å². The molecule has 0 radical (unpaired) electrons. The Labute approximate surface area is 135 Å². The van der Waals surface area contributed by atoms with Crippen LogP contribution in [0.15, 0.2) is 0 Å². The predicted octanol–water partition coefficient (Wildman–Crippen LogP) is 1.59. The maximum Gasteiger partial charge on any atom is 1.00 e. The molecule has 3 rings (SSSR count). The van der Waals surface area contributed by atoms with Gasteiger partial charge >= 0.3 is 29.6 Å². The minimum atomic E-state index is -0.425. The van der Waals surface area contributed by atoms with Crippen LogP contribution in [0.25, 0.3) is 0 Å². The first-order chi connectivity index (χ1) is 8.12. The first-order valence-electron chi connectivity index (χ1n) is 7.95. The predicted molar refractivity (Wildman–Crippen MR) is 74.6 cm³/mol. The van der Waals surface area contributed by atoms with Gasteiger partial charge in [-0.3, -0.25) is 0 Å². The quantitative estimate of drug-likeness (QED) is 0.600. The Balaban J connectivity index is 0.00000120. The molecule has 0 amide bonds. The van der Waals surface area contributed by atoms with Crippen molar-refractivity contribution in [2.24, 2.45) is 17.3 Å². The van der Waals surface area contributed by atoms with Crippen molar-refractivity contribution in [3.05, 3.63) is 0 Å². The van der Waals surface area contributed by atoms with E-state index in [-0.39, 0.29) is 29.6 Å². The van der Waals surface area contributed by atoms with Gasteiger partial charge in [-0.25, -0.2) is 0 Å². The van der Waals surface area contributed by atoms with Gasteiger partial charge in [0.2, 0.25) is 0 Å². The number of rotatable bonds is 0. The van der Waals surface area contributed by atoms with Gasteiger partial charge in [-0.2, -0.15) is 19.0 Å². The summed E-state index contributed by atoms with van der Waals surface area (Å²) in [6.07, 6.45) is 12.5. The molecule has 2 saturated heterocycles. The molecule has 3 aliphatic rings. The van der Waals surface area contributed by atoms with Crippen LogP contribution in [0.4, 0.5) is 0 Å². The van der Waals surface area contributed by atoms with Crippen LogP contribution in [0.5, 0.6) is 0 Å². The summed E-state index contributed by atoms with van der Waals surface area (Å²) in [6.45, 7) is 5.97. The Kier molecular flexibility index (Phi) is 4.96. The van der Waals surface area contributed by atoms with Crippen molar-refractivity contribution in [1.29, 1.82) is 0 Å². The fourth-order valence-corrected chi connectivity index (χ4v) is 5.41. The zero-order chi connectivity index (χ0) is 11.9. The molecule has 0 aromatic rings. The number of hydrogen-bond acceptors (Lipinski definition) is 1. The second kappa shape index (κ2) is 5.80. The fourth-order valence-electron chi connectivity index (χ4n) is 5.41. The van der Waals surface area contributed by atoms with Crippen LogP contribution in [0.2, 0.25) is 19.0 Å². The third-order valence-electron chi connectivity index (χ3n) is 6.08. The van der Waals surface area contributed by atoms with Gasteiger partial charge in [0.15, 0.2) is 0 Å². The number of hydrogen-bond donors (Lipinski definition) is 0. The minimum absolute atomic E-state index is 0. The van der Waals surface area contributed by atoms with E-state index in [0.717, 1.165) is 18.4 Å². The maximum absolute atomic E-state index is 6.55. The second-order valence-electron chi connectivity index (χ2n) is 7.84. The standard InChI is InChI=1S/C15H28BO.Na/c1-13-9-14(2)11-16(10-13)8-7-15(12-17-16)5-3-4-6-15;/h13-14H,3-12H2,1-2H3;/q-1;+1. The molecule has 3 heteroatoms. The second-order valence-corrected chi connectivity index (χ2v) is 7.84. The van der Waals surface area contributed by atoms with Crippen LogP contribution in [0.1, 0.15) is 52.4 Å². The van der Waals surface area contributed by atoms with E-state index in [1.165, 1.54) is 57.5 Å². The van der Waals surface area contributed by atoms with Gasteiger partial charge in [-0.1, -0.05) is 51.4 Å². The van der Waals surface area contributed by atoms with Crippen molar-refractivity contribution in [2.75, 3.05) is 6.61 Å². The van der Waals surface area contributed by atoms with Crippen LogP contribution in [-0.4, -0.2) is 13.0 Å². The summed E-state index contributed by atoms with van der Waals surface area (Å²) in [5.74, 6) is 1.80. The molecule has 3 fully saturated rings. The molecule has 1 nitrogen and oxygen atoms in total. The molecule has 18 heavy (non-hydrogen) atoms. The van der Waals surface area contributed by atoms with E-state index in [2.05, 4.69) is 13.8 Å². The van der Waals surface area contributed by atoms with E-state index < -0.39 is 6.35 Å². The van der Waals surface area contributed by atoms with Gasteiger partial charge in [0.25, 0.3) is 0 Å². The topological polar surface area (TPSA) is 9.23 Å². The van der Waals surface area contributed by atoms with Crippen LogP contribution in [0.3, 0.4) is 0 Å². The normalized spacial score (nSPS) is 43.0. The largest absolute Gasteiger partial charge is 1.00 e. The SMILES string of the molecule is CC1CC(C)C[B-]2(CCC3(CCCC3)CO2)C1.[Na+]. The molecular weight excluding hydrogens is 230 g/mol. The molecule has 1 aliphatic carbocycles. The zero-order valence-electron chi connectivity index (χ0n) is 12.7. The smallest absolute Gasteiger partial charge is 0.590 e. The van der Waals surface area contributed by atoms with Gasteiger partial charge in [0, 0.05) is 6.61 Å². The summed E-state index contributed by atoms with van der Waals surface area (Å²) in [5, 5.41) is 0. The van der Waals surface area contributed by atoms with Crippen molar-refractivity contribution < 1.29 is 34.2 Å². The summed E-state index contributed by atoms with van der Waals surface area (Å²) >= 11 is 0. The molecule has 0 aromatic heterocycles. The van der Waals surface area contributed by atoms with Crippen molar-refractivity contribution in [2.45, 2.75) is 71.3 Å². The van der Waals surface area contributed by atoms with Gasteiger partial charge < -0.3 is 4.65 Å². The van der Waals surface area contributed by atoms with E-state index in [0.29, 0.717) is 5.41 Å². The Morgan fingerprint density at radius 2 is 1.61 bits per heavy atom. The van der Waals surface area contributed by atoms with Crippen molar-refractivity contribution >= 4 is 6.35 Å². The molecular formula is C15H28BNaO. The average molecular weight is 258 g/mol. The molecule has 1 saturated carbocycles. The fraction of sp³-hybridized carbons (Fsp3) is 1.00. The van der Waals surface area contributed by atoms with Gasteiger partial charge in [-0.15, -0.1) is 0 Å². The van der Waals surface area contributed by atoms with Gasteiger partial charge in [-0.05, 0) is 18.3 Å². The van der Waals surface area contributed by atoms with E-state index in [4.69, 9.17) is 4.65 Å². The van der Waals surface area contributed by atoms with Crippen LogP contribution >= 0.6 is 0 Å². The molecule has 2 unspecified atom stereocenters. The van der Waals surface area contributed by atoms with Crippen molar-refractivity contribution in [3.8, 4) is 0 Å². The van der Waals surface area contributed by atoms with E-state index in [1.54, 1.807) is 0 Å². The first kappa shape index (κ1) is 15.4. The molecule has 2 aliphatic heterocycles. The first-order valence-corrected chi connectivity index (χ1v) is 7.95. The molecule has 0 aromatic carbocycles. The minimum Gasteiger partial charge on any atom is -0.590 e.